The maximum absolute atomic E-state index is 4.07. The van der Waals surface area contributed by atoms with E-state index in [1.165, 1.54) is 140 Å². The third-order valence-electron chi connectivity index (χ3n) is 7.52. The average Bonchev–Trinajstić information content (AvgIpc) is 2.84. The minimum Gasteiger partial charge on any atom is -0.305 e. The van der Waals surface area contributed by atoms with Crippen LogP contribution in [0, 0.1) is 0 Å². The fourth-order valence-electron chi connectivity index (χ4n) is 5.26. The van der Waals surface area contributed by atoms with Crippen molar-refractivity contribution in [3.63, 3.8) is 0 Å². The van der Waals surface area contributed by atoms with E-state index in [0.717, 1.165) is 0 Å². The van der Waals surface area contributed by atoms with Gasteiger partial charge >= 0.3 is 0 Å². The Morgan fingerprint density at radius 3 is 1.44 bits per heavy atom. The lowest BCUT2D eigenvalue weighted by Gasteiger charge is -2.33. The molecule has 1 atom stereocenters. The van der Waals surface area contributed by atoms with Crippen LogP contribution in [0.4, 0.5) is 0 Å². The van der Waals surface area contributed by atoms with Crippen molar-refractivity contribution in [1.82, 2.24) is 5.32 Å². The Morgan fingerprint density at radius 2 is 0.971 bits per heavy atom. The van der Waals surface area contributed by atoms with Gasteiger partial charge in [0.2, 0.25) is 0 Å². The summed E-state index contributed by atoms with van der Waals surface area (Å²) in [7, 11) is 0. The van der Waals surface area contributed by atoms with Crippen molar-refractivity contribution < 1.29 is 0 Å². The smallest absolute Gasteiger partial charge is 0.0324 e. The number of benzene rings is 1. The van der Waals surface area contributed by atoms with E-state index in [-0.39, 0.29) is 5.54 Å². The van der Waals surface area contributed by atoms with Gasteiger partial charge in [-0.2, -0.15) is 0 Å². The zero-order valence-corrected chi connectivity index (χ0v) is 23.8. The molecule has 0 heterocycles. The van der Waals surface area contributed by atoms with Crippen LogP contribution >= 0.6 is 0 Å². The third kappa shape index (κ3) is 17.6. The fourth-order valence-corrected chi connectivity index (χ4v) is 5.26. The van der Waals surface area contributed by atoms with Crippen LogP contribution in [0.25, 0.3) is 0 Å². The Balaban J connectivity index is 2.27. The molecule has 34 heavy (non-hydrogen) atoms. The first kappa shape index (κ1) is 31.2. The molecule has 1 N–H and O–H groups in total. The van der Waals surface area contributed by atoms with E-state index < -0.39 is 0 Å². The topological polar surface area (TPSA) is 12.0 Å². The van der Waals surface area contributed by atoms with Gasteiger partial charge in [-0.15, -0.1) is 0 Å². The van der Waals surface area contributed by atoms with Crippen LogP contribution < -0.4 is 5.32 Å². The molecule has 0 spiro atoms. The molecule has 0 bridgehead atoms. The summed E-state index contributed by atoms with van der Waals surface area (Å²) in [6, 6.07) is 11.7. The van der Waals surface area contributed by atoms with Crippen LogP contribution in [0.2, 0.25) is 0 Å². The summed E-state index contributed by atoms with van der Waals surface area (Å²) in [5.74, 6) is 0. The Bertz CT molecular complexity index is 535. The van der Waals surface area contributed by atoms with E-state index in [1.54, 1.807) is 0 Å². The monoisotopic (exact) mass is 471 g/mol. The number of nitrogens with one attached hydrogen (secondary N) is 1. The molecule has 0 saturated heterocycles. The molecule has 0 aliphatic carbocycles. The minimum absolute atomic E-state index is 0.208. The van der Waals surface area contributed by atoms with Gasteiger partial charge in [-0.1, -0.05) is 166 Å². The average molecular weight is 472 g/mol. The van der Waals surface area contributed by atoms with E-state index >= 15 is 0 Å². The second-order valence-corrected chi connectivity index (χ2v) is 11.5. The number of rotatable bonds is 24. The van der Waals surface area contributed by atoms with Crippen molar-refractivity contribution in [3.8, 4) is 0 Å². The summed E-state index contributed by atoms with van der Waals surface area (Å²) in [6.07, 6.45) is 29.4. The summed E-state index contributed by atoms with van der Waals surface area (Å²) >= 11 is 0. The van der Waals surface area contributed by atoms with Gasteiger partial charge < -0.3 is 5.32 Å². The van der Waals surface area contributed by atoms with Gasteiger partial charge in [0, 0.05) is 11.6 Å². The Morgan fingerprint density at radius 1 is 0.559 bits per heavy atom. The normalized spacial score (nSPS) is 12.8. The molecule has 1 aromatic carbocycles. The summed E-state index contributed by atoms with van der Waals surface area (Å²) in [6.45, 7) is 9.45. The van der Waals surface area contributed by atoms with Crippen LogP contribution in [-0.2, 0) is 0 Å². The zero-order valence-electron chi connectivity index (χ0n) is 23.8. The molecule has 0 saturated carbocycles. The van der Waals surface area contributed by atoms with E-state index in [0.29, 0.717) is 6.04 Å². The van der Waals surface area contributed by atoms with E-state index in [2.05, 4.69) is 63.3 Å². The van der Waals surface area contributed by atoms with Gasteiger partial charge in [0.25, 0.3) is 0 Å². The van der Waals surface area contributed by atoms with E-state index in [9.17, 15) is 0 Å². The number of hydrogen-bond donors (Lipinski definition) is 1. The highest BCUT2D eigenvalue weighted by Crippen LogP contribution is 2.26. The lowest BCUT2D eigenvalue weighted by atomic mass is 9.91. The largest absolute Gasteiger partial charge is 0.305 e. The number of unbranched alkanes of at least 4 members (excludes halogenated alkanes) is 17. The highest BCUT2D eigenvalue weighted by molar-refractivity contribution is 5.19. The fraction of sp³-hybridized carbons (Fsp3) is 0.818. The van der Waals surface area contributed by atoms with Crippen molar-refractivity contribution >= 4 is 0 Å². The molecular weight excluding hydrogens is 410 g/mol. The van der Waals surface area contributed by atoms with Crippen LogP contribution in [0.15, 0.2) is 30.3 Å². The first-order valence-electron chi connectivity index (χ1n) is 15.4. The quantitative estimate of drug-likeness (QED) is 0.148. The van der Waals surface area contributed by atoms with Crippen LogP contribution in [0.1, 0.15) is 174 Å². The van der Waals surface area contributed by atoms with Gasteiger partial charge in [-0.05, 0) is 32.3 Å². The molecule has 0 aliphatic rings. The predicted octanol–water partition coefficient (Wildman–Crippen LogP) is 11.3. The molecule has 0 amide bonds. The maximum Gasteiger partial charge on any atom is 0.0324 e. The molecule has 1 nitrogen and oxygen atoms in total. The second kappa shape index (κ2) is 21.5. The first-order chi connectivity index (χ1) is 16.6. The van der Waals surface area contributed by atoms with Crippen LogP contribution in [0.5, 0.6) is 0 Å². The molecule has 1 aromatic rings. The summed E-state index contributed by atoms with van der Waals surface area (Å²) in [4.78, 5) is 0. The van der Waals surface area contributed by atoms with Gasteiger partial charge in [0.1, 0.15) is 0 Å². The summed E-state index contributed by atoms with van der Waals surface area (Å²) in [5.41, 5.74) is 1.68. The maximum atomic E-state index is 4.07. The Hall–Kier alpha value is -0.820. The SMILES string of the molecule is CCCCCCCCCCCCC(NC(C)(C)CCCCCCCCCCC)c1ccccc1. The Labute approximate surface area is 215 Å². The first-order valence-corrected chi connectivity index (χ1v) is 15.4. The van der Waals surface area contributed by atoms with Crippen LogP contribution in [-0.4, -0.2) is 5.54 Å². The zero-order chi connectivity index (χ0) is 24.7. The van der Waals surface area contributed by atoms with E-state index in [4.69, 9.17) is 0 Å². The predicted molar refractivity (Wildman–Crippen MR) is 155 cm³/mol. The van der Waals surface area contributed by atoms with Crippen molar-refractivity contribution in [3.05, 3.63) is 35.9 Å². The lowest BCUT2D eigenvalue weighted by Crippen LogP contribution is -2.41. The molecule has 0 radical (unpaired) electrons. The molecule has 0 fully saturated rings. The highest BCUT2D eigenvalue weighted by Gasteiger charge is 2.22. The molecule has 1 rings (SSSR count). The molecule has 0 aliphatic heterocycles. The van der Waals surface area contributed by atoms with Crippen molar-refractivity contribution in [1.29, 1.82) is 0 Å². The van der Waals surface area contributed by atoms with Gasteiger partial charge in [0.15, 0.2) is 0 Å². The lowest BCUT2D eigenvalue weighted by molar-refractivity contribution is 0.293. The van der Waals surface area contributed by atoms with Gasteiger partial charge in [0.05, 0.1) is 0 Å². The summed E-state index contributed by atoms with van der Waals surface area (Å²) < 4.78 is 0. The molecule has 1 unspecified atom stereocenters. The molecule has 1 heteroatoms. The molecule has 198 valence electrons. The molecule has 0 aromatic heterocycles. The van der Waals surface area contributed by atoms with Crippen LogP contribution in [0.3, 0.4) is 0 Å². The van der Waals surface area contributed by atoms with E-state index in [1.807, 2.05) is 0 Å². The second-order valence-electron chi connectivity index (χ2n) is 11.5. The highest BCUT2D eigenvalue weighted by atomic mass is 15.0. The van der Waals surface area contributed by atoms with Crippen molar-refractivity contribution in [2.45, 2.75) is 174 Å². The number of hydrogen-bond acceptors (Lipinski definition) is 1. The van der Waals surface area contributed by atoms with Crippen molar-refractivity contribution in [2.75, 3.05) is 0 Å². The molecular formula is C33H61N. The minimum atomic E-state index is 0.208. The van der Waals surface area contributed by atoms with Crippen molar-refractivity contribution in [2.24, 2.45) is 0 Å². The standard InChI is InChI=1S/C33H61N/c1-5-7-9-11-13-15-16-18-20-25-29-32(31-27-23-22-24-28-31)34-33(3,4)30-26-21-19-17-14-12-10-8-6-2/h22-24,27-28,32,34H,5-21,25-26,29-30H2,1-4H3. The van der Waals surface area contributed by atoms with Gasteiger partial charge in [-0.3, -0.25) is 0 Å². The summed E-state index contributed by atoms with van der Waals surface area (Å²) in [5, 5.41) is 4.07. The third-order valence-corrected chi connectivity index (χ3v) is 7.52. The Kier molecular flexibility index (Phi) is 19.7. The van der Waals surface area contributed by atoms with Gasteiger partial charge in [-0.25, -0.2) is 0 Å².